The molecule has 6 heteroatoms. The molecule has 1 heterocycles. The summed E-state index contributed by atoms with van der Waals surface area (Å²) < 4.78 is 0. The smallest absolute Gasteiger partial charge is 0.326 e. The van der Waals surface area contributed by atoms with Crippen LogP contribution in [-0.2, 0) is 14.4 Å². The number of rotatable bonds is 5. The lowest BCUT2D eigenvalue weighted by Gasteiger charge is -2.21. The highest BCUT2D eigenvalue weighted by Gasteiger charge is 2.33. The van der Waals surface area contributed by atoms with Crippen molar-refractivity contribution in [3.8, 4) is 0 Å². The minimum atomic E-state index is -0.982. The van der Waals surface area contributed by atoms with Crippen molar-refractivity contribution in [1.29, 1.82) is 0 Å². The number of carboxylic acid groups (broad SMARTS) is 2. The van der Waals surface area contributed by atoms with Crippen molar-refractivity contribution in [2.24, 2.45) is 0 Å². The van der Waals surface area contributed by atoms with Crippen LogP contribution in [0.25, 0.3) is 0 Å². The van der Waals surface area contributed by atoms with Crippen molar-refractivity contribution in [3.63, 3.8) is 0 Å². The minimum absolute atomic E-state index is 0.0582. The molecule has 0 aromatic heterocycles. The molecule has 0 bridgehead atoms. The molecule has 0 saturated carbocycles. The Kier molecular flexibility index (Phi) is 4.28. The van der Waals surface area contributed by atoms with Crippen LogP contribution in [0, 0.1) is 0 Å². The number of carbonyl (C=O) groups excluding carboxylic acids is 1. The van der Waals surface area contributed by atoms with Gasteiger partial charge in [-0.25, -0.2) is 4.79 Å². The predicted octanol–water partition coefficient (Wildman–Crippen LogP) is 0.317. The van der Waals surface area contributed by atoms with E-state index in [9.17, 15) is 14.4 Å². The molecule has 1 amide bonds. The third-order valence-electron chi connectivity index (χ3n) is 2.64. The van der Waals surface area contributed by atoms with Gasteiger partial charge in [-0.05, 0) is 19.3 Å². The van der Waals surface area contributed by atoms with Crippen LogP contribution in [0.15, 0.2) is 0 Å². The summed E-state index contributed by atoms with van der Waals surface area (Å²) in [5.74, 6) is -2.18. The fourth-order valence-corrected chi connectivity index (χ4v) is 1.86. The average Bonchev–Trinajstić information content (AvgIpc) is 2.65. The molecule has 0 unspecified atom stereocenters. The Morgan fingerprint density at radius 3 is 2.44 bits per heavy atom. The molecule has 16 heavy (non-hydrogen) atoms. The molecule has 1 atom stereocenters. The second kappa shape index (κ2) is 5.48. The van der Waals surface area contributed by atoms with E-state index in [1.807, 2.05) is 0 Å². The molecule has 1 fully saturated rings. The first kappa shape index (κ1) is 12.5. The molecule has 1 aliphatic heterocycles. The lowest BCUT2D eigenvalue weighted by atomic mass is 10.2. The topological polar surface area (TPSA) is 94.9 Å². The van der Waals surface area contributed by atoms with Crippen LogP contribution in [-0.4, -0.2) is 45.5 Å². The molecule has 0 radical (unpaired) electrons. The summed E-state index contributed by atoms with van der Waals surface area (Å²) in [5, 5.41) is 17.3. The van der Waals surface area contributed by atoms with Gasteiger partial charge in [0.25, 0.3) is 0 Å². The number of nitrogens with zero attached hydrogens (tertiary/aromatic N) is 1. The summed E-state index contributed by atoms with van der Waals surface area (Å²) in [6, 6.07) is -0.725. The third-order valence-corrected chi connectivity index (χ3v) is 2.64. The summed E-state index contributed by atoms with van der Waals surface area (Å²) in [6.07, 6.45) is 1.49. The Bertz CT molecular complexity index is 302. The van der Waals surface area contributed by atoms with Crippen LogP contribution in [0.3, 0.4) is 0 Å². The molecule has 0 aliphatic carbocycles. The van der Waals surface area contributed by atoms with E-state index in [2.05, 4.69) is 0 Å². The van der Waals surface area contributed by atoms with Crippen LogP contribution in [0.2, 0.25) is 0 Å². The minimum Gasteiger partial charge on any atom is -0.481 e. The average molecular weight is 229 g/mol. The number of likely N-dealkylation sites (tertiary alicyclic amines) is 1. The standard InChI is InChI=1S/C10H15NO5/c12-8(4-1-5-9(13)14)11-6-2-3-7(11)10(15)16/h7H,1-6H2,(H,13,14)(H,15,16)/t7-/m1/s1. The van der Waals surface area contributed by atoms with Gasteiger partial charge in [-0.1, -0.05) is 0 Å². The zero-order chi connectivity index (χ0) is 12.1. The summed E-state index contributed by atoms with van der Waals surface area (Å²) in [6.45, 7) is 0.461. The van der Waals surface area contributed by atoms with E-state index >= 15 is 0 Å². The van der Waals surface area contributed by atoms with Crippen LogP contribution < -0.4 is 0 Å². The maximum absolute atomic E-state index is 11.6. The zero-order valence-corrected chi connectivity index (χ0v) is 8.89. The molecule has 1 aliphatic rings. The fourth-order valence-electron chi connectivity index (χ4n) is 1.86. The van der Waals surface area contributed by atoms with Gasteiger partial charge in [0.1, 0.15) is 6.04 Å². The number of hydrogen-bond donors (Lipinski definition) is 2. The Labute approximate surface area is 92.9 Å². The lowest BCUT2D eigenvalue weighted by Crippen LogP contribution is -2.40. The Hall–Kier alpha value is -1.59. The molecule has 90 valence electrons. The quantitative estimate of drug-likeness (QED) is 0.707. The number of carbonyl (C=O) groups is 3. The first-order chi connectivity index (χ1) is 7.52. The van der Waals surface area contributed by atoms with Gasteiger partial charge >= 0.3 is 11.9 Å². The van der Waals surface area contributed by atoms with E-state index < -0.39 is 18.0 Å². The highest BCUT2D eigenvalue weighted by Crippen LogP contribution is 2.19. The second-order valence-corrected chi connectivity index (χ2v) is 3.83. The van der Waals surface area contributed by atoms with Gasteiger partial charge in [0.15, 0.2) is 0 Å². The van der Waals surface area contributed by atoms with Gasteiger partial charge < -0.3 is 15.1 Å². The summed E-state index contributed by atoms with van der Waals surface area (Å²) in [7, 11) is 0. The molecule has 0 aromatic carbocycles. The van der Waals surface area contributed by atoms with Gasteiger partial charge in [0, 0.05) is 19.4 Å². The summed E-state index contributed by atoms with van der Waals surface area (Å²) in [5.41, 5.74) is 0. The van der Waals surface area contributed by atoms with E-state index in [1.54, 1.807) is 0 Å². The largest absolute Gasteiger partial charge is 0.481 e. The molecular weight excluding hydrogens is 214 g/mol. The van der Waals surface area contributed by atoms with E-state index in [1.165, 1.54) is 4.90 Å². The number of aliphatic carboxylic acids is 2. The molecule has 2 N–H and O–H groups in total. The molecule has 1 saturated heterocycles. The van der Waals surface area contributed by atoms with E-state index in [0.29, 0.717) is 19.4 Å². The van der Waals surface area contributed by atoms with Crippen molar-refractivity contribution in [2.75, 3.05) is 6.54 Å². The Morgan fingerprint density at radius 1 is 1.19 bits per heavy atom. The van der Waals surface area contributed by atoms with Crippen molar-refractivity contribution >= 4 is 17.8 Å². The third kappa shape index (κ3) is 3.22. The normalized spacial score (nSPS) is 19.8. The van der Waals surface area contributed by atoms with Crippen molar-refractivity contribution in [3.05, 3.63) is 0 Å². The molecule has 6 nitrogen and oxygen atoms in total. The van der Waals surface area contributed by atoms with Crippen LogP contribution in [0.5, 0.6) is 0 Å². The lowest BCUT2D eigenvalue weighted by molar-refractivity contribution is -0.148. The van der Waals surface area contributed by atoms with Crippen molar-refractivity contribution in [2.45, 2.75) is 38.1 Å². The van der Waals surface area contributed by atoms with Crippen molar-refractivity contribution < 1.29 is 24.6 Å². The highest BCUT2D eigenvalue weighted by molar-refractivity contribution is 5.84. The van der Waals surface area contributed by atoms with Gasteiger partial charge in [-0.2, -0.15) is 0 Å². The molecule has 1 rings (SSSR count). The monoisotopic (exact) mass is 229 g/mol. The van der Waals surface area contributed by atoms with Gasteiger partial charge in [-0.15, -0.1) is 0 Å². The highest BCUT2D eigenvalue weighted by atomic mass is 16.4. The van der Waals surface area contributed by atoms with E-state index in [-0.39, 0.29) is 25.2 Å². The van der Waals surface area contributed by atoms with E-state index in [4.69, 9.17) is 10.2 Å². The summed E-state index contributed by atoms with van der Waals surface area (Å²) in [4.78, 5) is 34.0. The zero-order valence-electron chi connectivity index (χ0n) is 8.89. The van der Waals surface area contributed by atoms with Crippen LogP contribution in [0.4, 0.5) is 0 Å². The number of amides is 1. The maximum Gasteiger partial charge on any atom is 0.326 e. The number of hydrogen-bond acceptors (Lipinski definition) is 3. The predicted molar refractivity (Wildman–Crippen MR) is 53.9 cm³/mol. The first-order valence-corrected chi connectivity index (χ1v) is 5.26. The second-order valence-electron chi connectivity index (χ2n) is 3.83. The van der Waals surface area contributed by atoms with Gasteiger partial charge in [0.2, 0.25) is 5.91 Å². The van der Waals surface area contributed by atoms with E-state index in [0.717, 1.165) is 0 Å². The Balaban J connectivity index is 2.41. The van der Waals surface area contributed by atoms with Gasteiger partial charge in [-0.3, -0.25) is 9.59 Å². The fraction of sp³-hybridized carbons (Fsp3) is 0.700. The van der Waals surface area contributed by atoms with Crippen molar-refractivity contribution in [1.82, 2.24) is 4.90 Å². The van der Waals surface area contributed by atoms with Crippen LogP contribution in [0.1, 0.15) is 32.1 Å². The summed E-state index contributed by atoms with van der Waals surface area (Å²) >= 11 is 0. The van der Waals surface area contributed by atoms with Gasteiger partial charge in [0.05, 0.1) is 0 Å². The first-order valence-electron chi connectivity index (χ1n) is 5.26. The SMILES string of the molecule is O=C(O)CCCC(=O)N1CCC[C@@H]1C(=O)O. The number of carboxylic acids is 2. The Morgan fingerprint density at radius 2 is 1.88 bits per heavy atom. The maximum atomic E-state index is 11.6. The molecule has 0 aromatic rings. The molecular formula is C10H15NO5. The molecule has 0 spiro atoms. The van der Waals surface area contributed by atoms with Crippen LogP contribution >= 0.6 is 0 Å².